The van der Waals surface area contributed by atoms with Crippen LogP contribution in [-0.4, -0.2) is 15.8 Å². The predicted octanol–water partition coefficient (Wildman–Crippen LogP) is 3.04. The molecule has 0 aliphatic rings. The van der Waals surface area contributed by atoms with Crippen LogP contribution in [0.1, 0.15) is 5.56 Å². The van der Waals surface area contributed by atoms with Crippen LogP contribution in [0.3, 0.4) is 0 Å². The van der Waals surface area contributed by atoms with E-state index < -0.39 is 0 Å². The van der Waals surface area contributed by atoms with Gasteiger partial charge in [-0.1, -0.05) is 35.4 Å². The van der Waals surface area contributed by atoms with E-state index in [2.05, 4.69) is 9.97 Å². The topological polar surface area (TPSA) is 25.8 Å². The number of rotatable bonds is 2. The molecular formula is C7H5Cl3N2. The van der Waals surface area contributed by atoms with Crippen LogP contribution in [0.15, 0.2) is 12.4 Å². The van der Waals surface area contributed by atoms with Crippen molar-refractivity contribution in [3.63, 3.8) is 0 Å². The summed E-state index contributed by atoms with van der Waals surface area (Å²) in [5, 5.41) is 0.660. The highest BCUT2D eigenvalue weighted by Crippen LogP contribution is 2.20. The highest BCUT2D eigenvalue weighted by atomic mass is 35.5. The maximum absolute atomic E-state index is 5.74. The van der Waals surface area contributed by atoms with Gasteiger partial charge >= 0.3 is 0 Å². The van der Waals surface area contributed by atoms with E-state index in [1.807, 2.05) is 0 Å². The molecule has 0 aliphatic heterocycles. The summed E-state index contributed by atoms with van der Waals surface area (Å²) in [5.41, 5.74) is 0.599. The molecular weight excluding hydrogens is 218 g/mol. The molecule has 12 heavy (non-hydrogen) atoms. The Hall–Kier alpha value is -0.310. The van der Waals surface area contributed by atoms with Gasteiger partial charge in [0.2, 0.25) is 0 Å². The van der Waals surface area contributed by atoms with Crippen molar-refractivity contribution < 1.29 is 0 Å². The maximum Gasteiger partial charge on any atom is 0.141 e. The van der Waals surface area contributed by atoms with Gasteiger partial charge in [-0.2, -0.15) is 0 Å². The van der Waals surface area contributed by atoms with Crippen molar-refractivity contribution in [3.8, 4) is 0 Å². The number of allylic oxidation sites excluding steroid dienone is 1. The Labute approximate surface area is 85.2 Å². The second kappa shape index (κ2) is 4.65. The summed E-state index contributed by atoms with van der Waals surface area (Å²) >= 11 is 16.9. The van der Waals surface area contributed by atoms with Gasteiger partial charge in [0.25, 0.3) is 0 Å². The molecule has 0 bridgehead atoms. The van der Waals surface area contributed by atoms with Crippen molar-refractivity contribution >= 4 is 40.9 Å². The summed E-state index contributed by atoms with van der Waals surface area (Å²) in [6.07, 6.45) is 4.72. The van der Waals surface area contributed by atoms with Crippen molar-refractivity contribution in [1.82, 2.24) is 9.97 Å². The Morgan fingerprint density at radius 1 is 1.25 bits per heavy atom. The van der Waals surface area contributed by atoms with Crippen LogP contribution in [0, 0.1) is 0 Å². The minimum atomic E-state index is 0.330. The third kappa shape index (κ3) is 2.34. The standard InChI is InChI=1S/C7H5Cl3N2/c8-3-1-2-5-6(9)11-4-12-7(5)10/h1-2,4H,3H2. The molecule has 0 spiro atoms. The van der Waals surface area contributed by atoms with Gasteiger partial charge in [0, 0.05) is 11.4 Å². The van der Waals surface area contributed by atoms with Crippen molar-refractivity contribution in [3.05, 3.63) is 28.3 Å². The molecule has 0 aliphatic carbocycles. The lowest BCUT2D eigenvalue weighted by Gasteiger charge is -1.97. The summed E-state index contributed by atoms with van der Waals surface area (Å²) in [7, 11) is 0. The van der Waals surface area contributed by atoms with E-state index in [0.717, 1.165) is 0 Å². The van der Waals surface area contributed by atoms with Crippen LogP contribution < -0.4 is 0 Å². The first-order valence-electron chi connectivity index (χ1n) is 3.14. The lowest BCUT2D eigenvalue weighted by Crippen LogP contribution is -1.86. The molecule has 0 N–H and O–H groups in total. The molecule has 64 valence electrons. The highest BCUT2D eigenvalue weighted by Gasteiger charge is 2.02. The zero-order valence-corrected chi connectivity index (χ0v) is 8.24. The fourth-order valence-electron chi connectivity index (χ4n) is 0.654. The third-order valence-electron chi connectivity index (χ3n) is 1.16. The van der Waals surface area contributed by atoms with Crippen molar-refractivity contribution in [2.75, 3.05) is 5.88 Å². The first-order chi connectivity index (χ1) is 5.75. The Morgan fingerprint density at radius 3 is 2.33 bits per heavy atom. The van der Waals surface area contributed by atoms with E-state index in [9.17, 15) is 0 Å². The van der Waals surface area contributed by atoms with Crippen LogP contribution >= 0.6 is 34.8 Å². The van der Waals surface area contributed by atoms with E-state index in [0.29, 0.717) is 21.7 Å². The van der Waals surface area contributed by atoms with Crippen LogP contribution in [0.2, 0.25) is 10.3 Å². The van der Waals surface area contributed by atoms with Gasteiger partial charge in [-0.25, -0.2) is 9.97 Å². The van der Waals surface area contributed by atoms with E-state index in [1.54, 1.807) is 12.2 Å². The molecule has 1 rings (SSSR count). The quantitative estimate of drug-likeness (QED) is 0.569. The van der Waals surface area contributed by atoms with Gasteiger partial charge in [-0.3, -0.25) is 0 Å². The van der Waals surface area contributed by atoms with Crippen LogP contribution in [0.25, 0.3) is 6.08 Å². The van der Waals surface area contributed by atoms with Crippen molar-refractivity contribution in [1.29, 1.82) is 0 Å². The third-order valence-corrected chi connectivity index (χ3v) is 1.94. The van der Waals surface area contributed by atoms with Gasteiger partial charge in [-0.05, 0) is 0 Å². The SMILES string of the molecule is ClCC=Cc1c(Cl)ncnc1Cl. The van der Waals surface area contributed by atoms with Gasteiger partial charge < -0.3 is 0 Å². The average Bonchev–Trinajstić information content (AvgIpc) is 2.04. The van der Waals surface area contributed by atoms with Gasteiger partial charge in [0.15, 0.2) is 0 Å². The number of hydrogen-bond acceptors (Lipinski definition) is 2. The van der Waals surface area contributed by atoms with Gasteiger partial charge in [0.1, 0.15) is 16.6 Å². The van der Waals surface area contributed by atoms with E-state index in [4.69, 9.17) is 34.8 Å². The lowest BCUT2D eigenvalue weighted by molar-refractivity contribution is 1.16. The fourth-order valence-corrected chi connectivity index (χ4v) is 1.18. The molecule has 1 aromatic rings. The molecule has 1 heterocycles. The molecule has 0 unspecified atom stereocenters. The van der Waals surface area contributed by atoms with Gasteiger partial charge in [-0.15, -0.1) is 11.6 Å². The largest absolute Gasteiger partial charge is 0.224 e. The molecule has 1 aromatic heterocycles. The Bertz CT molecular complexity index is 278. The smallest absolute Gasteiger partial charge is 0.141 e. The van der Waals surface area contributed by atoms with Crippen LogP contribution in [0.5, 0.6) is 0 Å². The summed E-state index contributed by atoms with van der Waals surface area (Å²) in [6, 6.07) is 0. The average molecular weight is 223 g/mol. The summed E-state index contributed by atoms with van der Waals surface area (Å²) < 4.78 is 0. The number of hydrogen-bond donors (Lipinski definition) is 0. The first kappa shape index (κ1) is 9.78. The van der Waals surface area contributed by atoms with Gasteiger partial charge in [0.05, 0.1) is 0 Å². The Balaban J connectivity index is 3.04. The number of aromatic nitrogens is 2. The summed E-state index contributed by atoms with van der Waals surface area (Å²) in [5.74, 6) is 0.404. The monoisotopic (exact) mass is 222 g/mol. The van der Waals surface area contributed by atoms with E-state index in [1.165, 1.54) is 6.33 Å². The zero-order valence-electron chi connectivity index (χ0n) is 5.97. The first-order valence-corrected chi connectivity index (χ1v) is 4.43. The number of nitrogens with zero attached hydrogens (tertiary/aromatic N) is 2. The molecule has 0 atom stereocenters. The molecule has 0 saturated carbocycles. The number of halogens is 3. The van der Waals surface area contributed by atoms with Crippen LogP contribution in [-0.2, 0) is 0 Å². The fraction of sp³-hybridized carbons (Fsp3) is 0.143. The van der Waals surface area contributed by atoms with Crippen molar-refractivity contribution in [2.45, 2.75) is 0 Å². The molecule has 0 fully saturated rings. The zero-order chi connectivity index (χ0) is 8.97. The summed E-state index contributed by atoms with van der Waals surface area (Å²) in [4.78, 5) is 7.54. The molecule has 5 heteroatoms. The van der Waals surface area contributed by atoms with Crippen molar-refractivity contribution in [2.24, 2.45) is 0 Å². The molecule has 0 saturated heterocycles. The Kier molecular flexibility index (Phi) is 3.79. The normalized spacial score (nSPS) is 10.9. The predicted molar refractivity (Wildman–Crippen MR) is 51.8 cm³/mol. The summed E-state index contributed by atoms with van der Waals surface area (Å²) in [6.45, 7) is 0. The minimum absolute atomic E-state index is 0.330. The highest BCUT2D eigenvalue weighted by molar-refractivity contribution is 6.35. The molecule has 0 amide bonds. The second-order valence-corrected chi connectivity index (χ2v) is 2.95. The Morgan fingerprint density at radius 2 is 1.83 bits per heavy atom. The molecule has 0 radical (unpaired) electrons. The van der Waals surface area contributed by atoms with E-state index >= 15 is 0 Å². The van der Waals surface area contributed by atoms with Crippen LogP contribution in [0.4, 0.5) is 0 Å². The minimum Gasteiger partial charge on any atom is -0.224 e. The molecule has 0 aromatic carbocycles. The molecule has 2 nitrogen and oxygen atoms in total. The second-order valence-electron chi connectivity index (χ2n) is 1.93. The van der Waals surface area contributed by atoms with E-state index in [-0.39, 0.29) is 0 Å². The number of alkyl halides is 1. The lowest BCUT2D eigenvalue weighted by atomic mass is 10.3. The maximum atomic E-state index is 5.74.